The van der Waals surface area contributed by atoms with Gasteiger partial charge in [-0.3, -0.25) is 0 Å². The van der Waals surface area contributed by atoms with Gasteiger partial charge < -0.3 is 4.42 Å². The van der Waals surface area contributed by atoms with Crippen molar-refractivity contribution in [2.24, 2.45) is 0 Å². The van der Waals surface area contributed by atoms with E-state index in [1.807, 2.05) is 115 Å². The van der Waals surface area contributed by atoms with E-state index in [0.717, 1.165) is 49.0 Å². The van der Waals surface area contributed by atoms with Crippen LogP contribution in [0.2, 0.25) is 0 Å². The van der Waals surface area contributed by atoms with Crippen LogP contribution in [0.1, 0.15) is 12.3 Å². The van der Waals surface area contributed by atoms with Gasteiger partial charge in [0.05, 0.1) is 12.3 Å². The number of aromatic nitrogens is 3. The fourth-order valence-corrected chi connectivity index (χ4v) is 8.52. The summed E-state index contributed by atoms with van der Waals surface area (Å²) in [6.07, 6.45) is 0. The molecule has 2 aromatic heterocycles. The molecule has 0 spiro atoms. The Kier molecular flexibility index (Phi) is 6.25. The first kappa shape index (κ1) is 26.7. The molecule has 0 bridgehead atoms. The van der Waals surface area contributed by atoms with E-state index >= 15 is 0 Å². The molecular weight excluding hydrogens is 743 g/mol. The molecule has 284 valence electrons. The van der Waals surface area contributed by atoms with Crippen molar-refractivity contribution in [3.05, 3.63) is 212 Å². The number of hydrogen-bond acceptors (Lipinski definition) is 4. The maximum absolute atomic E-state index is 9.98. The normalized spacial score (nSPS) is 13.7. The van der Waals surface area contributed by atoms with Crippen molar-refractivity contribution in [1.82, 2.24) is 15.0 Å². The van der Waals surface area contributed by atoms with Crippen LogP contribution in [-0.4, -0.2) is 15.0 Å². The second-order valence-electron chi connectivity index (χ2n) is 14.8. The molecule has 2 heterocycles. The Morgan fingerprint density at radius 3 is 1.69 bits per heavy atom. The zero-order chi connectivity index (χ0) is 48.1. The third-order valence-corrected chi connectivity index (χ3v) is 11.3. The molecule has 0 aliphatic heterocycles. The van der Waals surface area contributed by atoms with Crippen LogP contribution in [-0.2, 0) is 0 Å². The van der Waals surface area contributed by atoms with E-state index in [0.29, 0.717) is 38.6 Å². The fraction of sp³-hybridized carbons (Fsp3) is 0. The number of nitrogens with zero attached hydrogens (tertiary/aromatic N) is 3. The minimum Gasteiger partial charge on any atom is -0.456 e. The van der Waals surface area contributed by atoms with Crippen LogP contribution in [0, 0.1) is 0 Å². The molecule has 0 N–H and O–H groups in total. The predicted octanol–water partition coefficient (Wildman–Crippen LogP) is 15.2. The van der Waals surface area contributed by atoms with Crippen LogP contribution >= 0.6 is 0 Å². The van der Waals surface area contributed by atoms with Crippen molar-refractivity contribution in [1.29, 1.82) is 0 Å². The average molecular weight is 787 g/mol. The number of furan rings is 1. The molecule has 0 unspecified atom stereocenters. The van der Waals surface area contributed by atoms with Crippen LogP contribution in [0.5, 0.6) is 0 Å². The molecule has 0 fully saturated rings. The van der Waals surface area contributed by atoms with Crippen LogP contribution in [0.3, 0.4) is 0 Å². The fourth-order valence-electron chi connectivity index (χ4n) is 8.52. The molecule has 0 saturated carbocycles. The lowest BCUT2D eigenvalue weighted by Crippen LogP contribution is -2.01. The van der Waals surface area contributed by atoms with Crippen molar-refractivity contribution in [2.45, 2.75) is 0 Å². The van der Waals surface area contributed by atoms with Crippen molar-refractivity contribution in [3.63, 3.8) is 0 Å². The first-order valence-electron chi connectivity index (χ1n) is 24.4. The van der Waals surface area contributed by atoms with Crippen LogP contribution in [0.4, 0.5) is 0 Å². The Hall–Kier alpha value is -8.21. The second kappa shape index (κ2) is 14.3. The summed E-state index contributed by atoms with van der Waals surface area (Å²) < 4.78 is 87.0. The highest BCUT2D eigenvalue weighted by Gasteiger charge is 2.20. The molecular formula is C57H35N3O. The highest BCUT2D eigenvalue weighted by atomic mass is 16.3. The quantitative estimate of drug-likeness (QED) is 0.168. The number of benzene rings is 10. The Labute approximate surface area is 364 Å². The molecule has 4 nitrogen and oxygen atoms in total. The smallest absolute Gasteiger partial charge is 0.164 e. The Morgan fingerprint density at radius 2 is 0.918 bits per heavy atom. The Morgan fingerprint density at radius 1 is 0.344 bits per heavy atom. The maximum Gasteiger partial charge on any atom is 0.164 e. The number of rotatable bonds is 6. The molecule has 0 amide bonds. The molecule has 4 heteroatoms. The summed E-state index contributed by atoms with van der Waals surface area (Å²) in [5.74, 6) is 0.447. The average Bonchev–Trinajstić information content (AvgIpc) is 3.78. The van der Waals surface area contributed by atoms with Gasteiger partial charge in [0.2, 0.25) is 0 Å². The van der Waals surface area contributed by atoms with Gasteiger partial charge in [-0.05, 0) is 96.0 Å². The van der Waals surface area contributed by atoms with Gasteiger partial charge in [0.15, 0.2) is 17.5 Å². The summed E-state index contributed by atoms with van der Waals surface area (Å²) in [7, 11) is 0. The monoisotopic (exact) mass is 786 g/mol. The van der Waals surface area contributed by atoms with Gasteiger partial charge in [-0.2, -0.15) is 0 Å². The summed E-state index contributed by atoms with van der Waals surface area (Å²) in [6.45, 7) is 0. The van der Waals surface area contributed by atoms with Crippen molar-refractivity contribution in [2.75, 3.05) is 0 Å². The van der Waals surface area contributed by atoms with Crippen LogP contribution in [0.25, 0.3) is 122 Å². The minimum atomic E-state index is -0.506. The predicted molar refractivity (Wildman–Crippen MR) is 252 cm³/mol. The second-order valence-corrected chi connectivity index (χ2v) is 14.8. The highest BCUT2D eigenvalue weighted by molar-refractivity contribution is 6.21. The molecule has 0 aliphatic carbocycles. The van der Waals surface area contributed by atoms with E-state index in [1.165, 1.54) is 0 Å². The van der Waals surface area contributed by atoms with Crippen molar-refractivity contribution in [3.8, 4) is 67.5 Å². The van der Waals surface area contributed by atoms with Crippen LogP contribution in [0.15, 0.2) is 217 Å². The molecule has 0 atom stereocenters. The summed E-state index contributed by atoms with van der Waals surface area (Å²) in [6, 6.07) is 46.5. The largest absolute Gasteiger partial charge is 0.456 e. The zero-order valence-electron chi connectivity index (χ0n) is 41.3. The zero-order valence-corrected chi connectivity index (χ0v) is 32.3. The highest BCUT2D eigenvalue weighted by Crippen LogP contribution is 2.42. The van der Waals surface area contributed by atoms with Gasteiger partial charge in [0.25, 0.3) is 0 Å². The van der Waals surface area contributed by atoms with Crippen LogP contribution < -0.4 is 0 Å². The van der Waals surface area contributed by atoms with Crippen molar-refractivity contribution >= 4 is 54.3 Å². The SMILES string of the molecule is [2H]c1c([2H])c([2H])c(-c2ccc(-c3c([2H])c([2H])c([2H])c(-c4nc(-c5cc(-c6ccccc6)c6ccccc6c5)nc(-c5cc6oc7ccccc7c6c6ccccc56)n4)c3[2H])c3ccccc23)c([2H])c1[2H]. The lowest BCUT2D eigenvalue weighted by molar-refractivity contribution is 0.669. The van der Waals surface area contributed by atoms with E-state index in [-0.39, 0.29) is 58.3 Å². The van der Waals surface area contributed by atoms with E-state index < -0.39 is 30.2 Å². The van der Waals surface area contributed by atoms with E-state index in [1.54, 1.807) is 36.4 Å². The molecule has 0 saturated heterocycles. The first-order valence-corrected chi connectivity index (χ1v) is 19.9. The molecule has 61 heavy (non-hydrogen) atoms. The van der Waals surface area contributed by atoms with E-state index in [2.05, 4.69) is 6.07 Å². The van der Waals surface area contributed by atoms with E-state index in [4.69, 9.17) is 26.2 Å². The van der Waals surface area contributed by atoms with Gasteiger partial charge in [-0.15, -0.1) is 0 Å². The maximum atomic E-state index is 9.98. The summed E-state index contributed by atoms with van der Waals surface area (Å²) in [5, 5.41) is 6.61. The number of para-hydroxylation sites is 1. The summed E-state index contributed by atoms with van der Waals surface area (Å²) in [5.41, 5.74) is 5.23. The lowest BCUT2D eigenvalue weighted by Gasteiger charge is -2.14. The number of hydrogen-bond donors (Lipinski definition) is 0. The Bertz CT molecular complexity index is 4170. The third-order valence-electron chi connectivity index (χ3n) is 11.3. The lowest BCUT2D eigenvalue weighted by atomic mass is 9.91. The molecule has 10 aromatic carbocycles. The van der Waals surface area contributed by atoms with E-state index in [9.17, 15) is 5.48 Å². The van der Waals surface area contributed by atoms with Crippen molar-refractivity contribution < 1.29 is 16.8 Å². The number of fused-ring (bicyclic) bond motifs is 7. The van der Waals surface area contributed by atoms with Gasteiger partial charge in [-0.25, -0.2) is 15.0 Å². The molecule has 0 radical (unpaired) electrons. The summed E-state index contributed by atoms with van der Waals surface area (Å²) in [4.78, 5) is 15.4. The van der Waals surface area contributed by atoms with Gasteiger partial charge in [0.1, 0.15) is 11.2 Å². The summed E-state index contributed by atoms with van der Waals surface area (Å²) >= 11 is 0. The molecule has 0 aliphatic rings. The topological polar surface area (TPSA) is 51.8 Å². The third kappa shape index (κ3) is 5.96. The first-order chi connectivity index (χ1) is 34.0. The van der Waals surface area contributed by atoms with Gasteiger partial charge >= 0.3 is 0 Å². The molecule has 12 rings (SSSR count). The standard InChI is InChI=1S/C57H35N3O/c1-3-16-36(17-4-1)43-30-31-44(46-25-10-9-24-45(43)46)39-21-15-22-40(32-39)55-58-56(41-33-38-20-7-8-23-42(38)50(34-41)37-18-5-2-6-19-37)60-57(59-55)51-35-53-54(48-27-12-11-26-47(48)51)49-28-13-14-29-52(49)61-53/h1-35H/i1D,3D,4D,15D,16D,17D,21D,22D,32D. The van der Waals surface area contributed by atoms with Gasteiger partial charge in [0, 0.05) is 27.5 Å². The molecule has 12 aromatic rings. The minimum absolute atomic E-state index is 0.0111. The Balaban J connectivity index is 1.14. The van der Waals surface area contributed by atoms with Gasteiger partial charge in [-0.1, -0.05) is 182 Å².